The van der Waals surface area contributed by atoms with Gasteiger partial charge in [-0.05, 0) is 50.2 Å². The van der Waals surface area contributed by atoms with Crippen molar-refractivity contribution < 1.29 is 9.53 Å². The van der Waals surface area contributed by atoms with Gasteiger partial charge in [0, 0.05) is 37.9 Å². The number of nitrogens with zero attached hydrogens (tertiary/aromatic N) is 4. The molecule has 0 unspecified atom stereocenters. The van der Waals surface area contributed by atoms with Crippen molar-refractivity contribution in [3.05, 3.63) is 42.1 Å². The number of rotatable bonds is 5. The SMILES string of the molecule is COc1ccc(N2CCN(C(=O)c3ccc(NC(C)C)nn3)CC2)cc1. The average Bonchev–Trinajstić information content (AvgIpc) is 2.68. The molecule has 0 aliphatic carbocycles. The molecule has 0 saturated carbocycles. The molecule has 2 heterocycles. The molecule has 1 aliphatic heterocycles. The minimum atomic E-state index is -0.0667. The highest BCUT2D eigenvalue weighted by molar-refractivity contribution is 5.92. The molecule has 1 fully saturated rings. The molecule has 0 radical (unpaired) electrons. The zero-order chi connectivity index (χ0) is 18.5. The Hall–Kier alpha value is -2.83. The van der Waals surface area contributed by atoms with Gasteiger partial charge >= 0.3 is 0 Å². The fourth-order valence-corrected chi connectivity index (χ4v) is 2.94. The molecule has 0 bridgehead atoms. The van der Waals surface area contributed by atoms with Crippen LogP contribution in [-0.2, 0) is 0 Å². The predicted molar refractivity (Wildman–Crippen MR) is 102 cm³/mol. The van der Waals surface area contributed by atoms with Crippen molar-refractivity contribution in [1.29, 1.82) is 0 Å². The number of methoxy groups -OCH3 is 1. The minimum Gasteiger partial charge on any atom is -0.497 e. The van der Waals surface area contributed by atoms with Gasteiger partial charge in [-0.2, -0.15) is 0 Å². The summed E-state index contributed by atoms with van der Waals surface area (Å²) in [6, 6.07) is 11.8. The van der Waals surface area contributed by atoms with Crippen LogP contribution in [0.25, 0.3) is 0 Å². The first kappa shape index (κ1) is 18.0. The zero-order valence-corrected chi connectivity index (χ0v) is 15.5. The molecule has 138 valence electrons. The second-order valence-corrected chi connectivity index (χ2v) is 6.58. The van der Waals surface area contributed by atoms with Crippen LogP contribution in [0.3, 0.4) is 0 Å². The van der Waals surface area contributed by atoms with E-state index >= 15 is 0 Å². The number of nitrogens with one attached hydrogen (secondary N) is 1. The van der Waals surface area contributed by atoms with Gasteiger partial charge in [-0.25, -0.2) is 0 Å². The van der Waals surface area contributed by atoms with E-state index in [1.807, 2.05) is 43.0 Å². The Kier molecular flexibility index (Phi) is 5.55. The molecule has 3 rings (SSSR count). The first-order chi connectivity index (χ1) is 12.6. The lowest BCUT2D eigenvalue weighted by Crippen LogP contribution is -2.49. The smallest absolute Gasteiger partial charge is 0.274 e. The highest BCUT2D eigenvalue weighted by Crippen LogP contribution is 2.21. The van der Waals surface area contributed by atoms with Gasteiger partial charge in [-0.3, -0.25) is 4.79 Å². The first-order valence-corrected chi connectivity index (χ1v) is 8.85. The Labute approximate surface area is 154 Å². The maximum Gasteiger partial charge on any atom is 0.274 e. The van der Waals surface area contributed by atoms with E-state index in [1.54, 1.807) is 19.2 Å². The van der Waals surface area contributed by atoms with Crippen molar-refractivity contribution in [2.24, 2.45) is 0 Å². The highest BCUT2D eigenvalue weighted by atomic mass is 16.5. The summed E-state index contributed by atoms with van der Waals surface area (Å²) in [5, 5.41) is 11.3. The van der Waals surface area contributed by atoms with Crippen molar-refractivity contribution in [3.63, 3.8) is 0 Å². The number of hydrogen-bond acceptors (Lipinski definition) is 6. The Morgan fingerprint density at radius 1 is 1.04 bits per heavy atom. The summed E-state index contributed by atoms with van der Waals surface area (Å²) in [4.78, 5) is 16.7. The Morgan fingerprint density at radius 2 is 1.73 bits per heavy atom. The van der Waals surface area contributed by atoms with Crippen molar-refractivity contribution in [3.8, 4) is 5.75 Å². The van der Waals surface area contributed by atoms with Crippen LogP contribution < -0.4 is 15.0 Å². The number of anilines is 2. The van der Waals surface area contributed by atoms with Gasteiger partial charge in [-0.15, -0.1) is 10.2 Å². The largest absolute Gasteiger partial charge is 0.497 e. The molecule has 26 heavy (non-hydrogen) atoms. The van der Waals surface area contributed by atoms with E-state index in [2.05, 4.69) is 20.4 Å². The normalized spacial score (nSPS) is 14.5. The molecule has 2 aromatic rings. The summed E-state index contributed by atoms with van der Waals surface area (Å²) in [5.41, 5.74) is 1.53. The lowest BCUT2D eigenvalue weighted by Gasteiger charge is -2.36. The van der Waals surface area contributed by atoms with Gasteiger partial charge in [-0.1, -0.05) is 0 Å². The number of aromatic nitrogens is 2. The molecule has 7 heteroatoms. The summed E-state index contributed by atoms with van der Waals surface area (Å²) in [6.07, 6.45) is 0. The second kappa shape index (κ2) is 8.03. The maximum absolute atomic E-state index is 12.6. The quantitative estimate of drug-likeness (QED) is 0.887. The van der Waals surface area contributed by atoms with Crippen LogP contribution in [0.5, 0.6) is 5.75 Å². The number of hydrogen-bond donors (Lipinski definition) is 1. The topological polar surface area (TPSA) is 70.6 Å². The third-order valence-electron chi connectivity index (χ3n) is 4.32. The number of carbonyl (C=O) groups excluding carboxylic acids is 1. The van der Waals surface area contributed by atoms with Crippen molar-refractivity contribution in [2.75, 3.05) is 43.5 Å². The lowest BCUT2D eigenvalue weighted by molar-refractivity contribution is 0.0739. The van der Waals surface area contributed by atoms with Crippen LogP contribution in [0.1, 0.15) is 24.3 Å². The number of benzene rings is 1. The predicted octanol–water partition coefficient (Wildman–Crippen LogP) is 2.27. The molecule has 1 aromatic heterocycles. The summed E-state index contributed by atoms with van der Waals surface area (Å²) in [5.74, 6) is 1.46. The molecule has 1 aromatic carbocycles. The van der Waals surface area contributed by atoms with Crippen LogP contribution in [-0.4, -0.2) is 60.3 Å². The van der Waals surface area contributed by atoms with E-state index in [1.165, 1.54) is 0 Å². The molecule has 0 atom stereocenters. The fraction of sp³-hybridized carbons (Fsp3) is 0.421. The molecule has 7 nitrogen and oxygen atoms in total. The summed E-state index contributed by atoms with van der Waals surface area (Å²) in [6.45, 7) is 6.97. The van der Waals surface area contributed by atoms with Crippen LogP contribution >= 0.6 is 0 Å². The van der Waals surface area contributed by atoms with Gasteiger partial charge < -0.3 is 19.9 Å². The van der Waals surface area contributed by atoms with E-state index in [0.29, 0.717) is 24.6 Å². The Balaban J connectivity index is 1.57. The molecule has 1 amide bonds. The van der Waals surface area contributed by atoms with Gasteiger partial charge in [0.1, 0.15) is 11.6 Å². The summed E-state index contributed by atoms with van der Waals surface area (Å²) >= 11 is 0. The highest BCUT2D eigenvalue weighted by Gasteiger charge is 2.23. The number of ether oxygens (including phenoxy) is 1. The molecule has 1 N–H and O–H groups in total. The van der Waals surface area contributed by atoms with Crippen LogP contribution in [0.4, 0.5) is 11.5 Å². The number of piperazine rings is 1. The zero-order valence-electron chi connectivity index (χ0n) is 15.5. The standard InChI is InChI=1S/C19H25N5O2/c1-14(2)20-18-9-8-17(21-22-18)19(25)24-12-10-23(11-13-24)15-4-6-16(26-3)7-5-15/h4-9,14H,10-13H2,1-3H3,(H,20,22). The molecule has 1 saturated heterocycles. The molecule has 0 spiro atoms. The second-order valence-electron chi connectivity index (χ2n) is 6.58. The number of amides is 1. The van der Waals surface area contributed by atoms with Gasteiger partial charge in [0.2, 0.25) is 0 Å². The third-order valence-corrected chi connectivity index (χ3v) is 4.32. The number of carbonyl (C=O) groups is 1. The van der Waals surface area contributed by atoms with Crippen molar-refractivity contribution in [1.82, 2.24) is 15.1 Å². The van der Waals surface area contributed by atoms with Gasteiger partial charge in [0.25, 0.3) is 5.91 Å². The molecular weight excluding hydrogens is 330 g/mol. The summed E-state index contributed by atoms with van der Waals surface area (Å²) < 4.78 is 5.19. The third kappa shape index (κ3) is 4.22. The van der Waals surface area contributed by atoms with E-state index in [9.17, 15) is 4.79 Å². The van der Waals surface area contributed by atoms with E-state index in [0.717, 1.165) is 24.5 Å². The maximum atomic E-state index is 12.6. The van der Waals surface area contributed by atoms with E-state index < -0.39 is 0 Å². The lowest BCUT2D eigenvalue weighted by atomic mass is 10.2. The van der Waals surface area contributed by atoms with E-state index in [4.69, 9.17) is 4.74 Å². The van der Waals surface area contributed by atoms with Gasteiger partial charge in [0.05, 0.1) is 7.11 Å². The van der Waals surface area contributed by atoms with Crippen LogP contribution in [0, 0.1) is 0 Å². The summed E-state index contributed by atoms with van der Waals surface area (Å²) in [7, 11) is 1.66. The fourth-order valence-electron chi connectivity index (χ4n) is 2.94. The monoisotopic (exact) mass is 355 g/mol. The van der Waals surface area contributed by atoms with Crippen molar-refractivity contribution in [2.45, 2.75) is 19.9 Å². The molecular formula is C19H25N5O2. The van der Waals surface area contributed by atoms with Crippen LogP contribution in [0.15, 0.2) is 36.4 Å². The van der Waals surface area contributed by atoms with Gasteiger partial charge in [0.15, 0.2) is 5.69 Å². The Morgan fingerprint density at radius 3 is 2.27 bits per heavy atom. The Bertz CT molecular complexity index is 723. The molecule has 1 aliphatic rings. The minimum absolute atomic E-state index is 0.0667. The first-order valence-electron chi connectivity index (χ1n) is 8.85. The van der Waals surface area contributed by atoms with Crippen LogP contribution in [0.2, 0.25) is 0 Å². The van der Waals surface area contributed by atoms with Crippen molar-refractivity contribution >= 4 is 17.4 Å². The average molecular weight is 355 g/mol. The van der Waals surface area contributed by atoms with E-state index in [-0.39, 0.29) is 11.9 Å².